The molecule has 0 saturated heterocycles. The Balaban J connectivity index is 1.79. The summed E-state index contributed by atoms with van der Waals surface area (Å²) in [5.41, 5.74) is 3.55. The van der Waals surface area contributed by atoms with Gasteiger partial charge in [0, 0.05) is 11.1 Å². The molecule has 4 aromatic carbocycles. The standard InChI is InChI=1S/C29H20O2/c30-27(21-12-4-1-5-13-21)20-25-24-18-10-11-19-26(24)29(28(25)31,22-14-6-2-7-15-22)23-16-8-3-9-17-23/h1-20H/b25-20+. The second-order valence-corrected chi connectivity index (χ2v) is 7.65. The average molecular weight is 400 g/mol. The van der Waals surface area contributed by atoms with Crippen LogP contribution in [0.2, 0.25) is 0 Å². The Morgan fingerprint density at radius 2 is 1.10 bits per heavy atom. The first-order valence-electron chi connectivity index (χ1n) is 10.3. The first-order valence-corrected chi connectivity index (χ1v) is 10.3. The molecule has 31 heavy (non-hydrogen) atoms. The van der Waals surface area contributed by atoms with Gasteiger partial charge in [0.15, 0.2) is 11.6 Å². The Morgan fingerprint density at radius 3 is 1.68 bits per heavy atom. The van der Waals surface area contributed by atoms with Gasteiger partial charge in [-0.05, 0) is 28.3 Å². The van der Waals surface area contributed by atoms with Crippen LogP contribution in [0.3, 0.4) is 0 Å². The summed E-state index contributed by atoms with van der Waals surface area (Å²) in [6, 6.07) is 36.5. The fourth-order valence-electron chi connectivity index (χ4n) is 4.57. The van der Waals surface area contributed by atoms with Crippen molar-refractivity contribution in [3.05, 3.63) is 149 Å². The van der Waals surface area contributed by atoms with Gasteiger partial charge in [-0.3, -0.25) is 9.59 Å². The Hall–Kier alpha value is -4.04. The molecule has 4 aromatic rings. The number of allylic oxidation sites excluding steroid dienone is 2. The first kappa shape index (κ1) is 19.0. The van der Waals surface area contributed by atoms with Crippen LogP contribution in [-0.4, -0.2) is 11.6 Å². The van der Waals surface area contributed by atoms with E-state index in [1.165, 1.54) is 6.08 Å². The van der Waals surface area contributed by atoms with E-state index in [9.17, 15) is 9.59 Å². The number of carbonyl (C=O) groups excluding carboxylic acids is 2. The highest BCUT2D eigenvalue weighted by atomic mass is 16.1. The number of hydrogen-bond acceptors (Lipinski definition) is 2. The summed E-state index contributed by atoms with van der Waals surface area (Å²) < 4.78 is 0. The molecule has 0 atom stereocenters. The number of Topliss-reactive ketones (excluding diaryl/α,β-unsaturated/α-hetero) is 1. The summed E-state index contributed by atoms with van der Waals surface area (Å²) in [4.78, 5) is 27.2. The molecule has 5 rings (SSSR count). The molecule has 1 aliphatic rings. The van der Waals surface area contributed by atoms with Crippen LogP contribution in [-0.2, 0) is 10.2 Å². The minimum atomic E-state index is -0.984. The van der Waals surface area contributed by atoms with Crippen LogP contribution in [0.25, 0.3) is 5.57 Å². The molecule has 0 heterocycles. The van der Waals surface area contributed by atoms with Gasteiger partial charge in [-0.2, -0.15) is 0 Å². The van der Waals surface area contributed by atoms with Crippen molar-refractivity contribution in [3.8, 4) is 0 Å². The molecule has 0 saturated carbocycles. The second kappa shape index (κ2) is 7.66. The SMILES string of the molecule is O=C(/C=C1/C(=O)C(c2ccccc2)(c2ccccc2)c2ccccc21)c1ccccc1. The van der Waals surface area contributed by atoms with Gasteiger partial charge < -0.3 is 0 Å². The van der Waals surface area contributed by atoms with Gasteiger partial charge >= 0.3 is 0 Å². The highest BCUT2D eigenvalue weighted by Crippen LogP contribution is 2.51. The lowest BCUT2D eigenvalue weighted by Crippen LogP contribution is -2.34. The van der Waals surface area contributed by atoms with Crippen molar-refractivity contribution < 1.29 is 9.59 Å². The van der Waals surface area contributed by atoms with E-state index in [2.05, 4.69) is 0 Å². The Kier molecular flexibility index (Phi) is 4.68. The van der Waals surface area contributed by atoms with E-state index in [0.717, 1.165) is 22.3 Å². The number of hydrogen-bond donors (Lipinski definition) is 0. The van der Waals surface area contributed by atoms with Crippen LogP contribution in [0.4, 0.5) is 0 Å². The summed E-state index contributed by atoms with van der Waals surface area (Å²) in [5.74, 6) is -0.244. The summed E-state index contributed by atoms with van der Waals surface area (Å²) in [6.45, 7) is 0. The van der Waals surface area contributed by atoms with Crippen molar-refractivity contribution >= 4 is 17.1 Å². The molecule has 0 spiro atoms. The van der Waals surface area contributed by atoms with Crippen LogP contribution >= 0.6 is 0 Å². The molecule has 0 aliphatic heterocycles. The molecule has 0 amide bonds. The fourth-order valence-corrected chi connectivity index (χ4v) is 4.57. The predicted molar refractivity (Wildman–Crippen MR) is 123 cm³/mol. The highest BCUT2D eigenvalue weighted by Gasteiger charge is 2.51. The lowest BCUT2D eigenvalue weighted by molar-refractivity contribution is -0.116. The molecule has 0 bridgehead atoms. The lowest BCUT2D eigenvalue weighted by Gasteiger charge is -2.30. The van der Waals surface area contributed by atoms with Crippen molar-refractivity contribution in [2.24, 2.45) is 0 Å². The van der Waals surface area contributed by atoms with Gasteiger partial charge in [-0.25, -0.2) is 0 Å². The number of ketones is 2. The van der Waals surface area contributed by atoms with Crippen molar-refractivity contribution in [2.45, 2.75) is 5.41 Å². The number of fused-ring (bicyclic) bond motifs is 1. The third-order valence-corrected chi connectivity index (χ3v) is 5.95. The van der Waals surface area contributed by atoms with Gasteiger partial charge in [0.1, 0.15) is 5.41 Å². The molecular formula is C29H20O2. The maximum absolute atomic E-state index is 14.2. The van der Waals surface area contributed by atoms with Crippen molar-refractivity contribution in [2.75, 3.05) is 0 Å². The smallest absolute Gasteiger partial charge is 0.186 e. The third kappa shape index (κ3) is 2.96. The Bertz CT molecular complexity index is 1250. The van der Waals surface area contributed by atoms with E-state index < -0.39 is 5.41 Å². The Labute approximate surface area is 181 Å². The molecule has 0 radical (unpaired) electrons. The molecule has 2 nitrogen and oxygen atoms in total. The highest BCUT2D eigenvalue weighted by molar-refractivity contribution is 6.35. The maximum atomic E-state index is 14.2. The predicted octanol–water partition coefficient (Wildman–Crippen LogP) is 5.87. The maximum Gasteiger partial charge on any atom is 0.186 e. The van der Waals surface area contributed by atoms with Crippen LogP contribution < -0.4 is 0 Å². The minimum Gasteiger partial charge on any atom is -0.292 e. The van der Waals surface area contributed by atoms with E-state index >= 15 is 0 Å². The average Bonchev–Trinajstić information content (AvgIpc) is 3.09. The van der Waals surface area contributed by atoms with Gasteiger partial charge in [0.25, 0.3) is 0 Å². The zero-order chi connectivity index (χ0) is 21.3. The van der Waals surface area contributed by atoms with E-state index in [-0.39, 0.29) is 11.6 Å². The van der Waals surface area contributed by atoms with Crippen molar-refractivity contribution in [1.82, 2.24) is 0 Å². The van der Waals surface area contributed by atoms with Crippen molar-refractivity contribution in [1.29, 1.82) is 0 Å². The monoisotopic (exact) mass is 400 g/mol. The van der Waals surface area contributed by atoms with Crippen LogP contribution in [0.15, 0.2) is 121 Å². The van der Waals surface area contributed by atoms with E-state index in [4.69, 9.17) is 0 Å². The van der Waals surface area contributed by atoms with E-state index in [0.29, 0.717) is 11.1 Å². The van der Waals surface area contributed by atoms with Crippen LogP contribution in [0.5, 0.6) is 0 Å². The fraction of sp³-hybridized carbons (Fsp3) is 0.0345. The summed E-state index contributed by atoms with van der Waals surface area (Å²) in [5, 5.41) is 0. The number of carbonyl (C=O) groups is 2. The molecular weight excluding hydrogens is 380 g/mol. The molecule has 0 fully saturated rings. The third-order valence-electron chi connectivity index (χ3n) is 5.95. The first-order chi connectivity index (χ1) is 15.2. The molecule has 2 heteroatoms. The molecule has 148 valence electrons. The zero-order valence-corrected chi connectivity index (χ0v) is 16.9. The van der Waals surface area contributed by atoms with Gasteiger partial charge in [-0.1, -0.05) is 115 Å². The molecule has 0 N–H and O–H groups in total. The van der Waals surface area contributed by atoms with E-state index in [1.807, 2.05) is 103 Å². The largest absolute Gasteiger partial charge is 0.292 e. The summed E-state index contributed by atoms with van der Waals surface area (Å²) >= 11 is 0. The van der Waals surface area contributed by atoms with E-state index in [1.54, 1.807) is 12.1 Å². The van der Waals surface area contributed by atoms with Gasteiger partial charge in [-0.15, -0.1) is 0 Å². The zero-order valence-electron chi connectivity index (χ0n) is 16.9. The Morgan fingerprint density at radius 1 is 0.613 bits per heavy atom. The minimum absolute atomic E-state index is 0.0737. The topological polar surface area (TPSA) is 34.1 Å². The molecule has 0 unspecified atom stereocenters. The van der Waals surface area contributed by atoms with Gasteiger partial charge in [0.05, 0.1) is 0 Å². The van der Waals surface area contributed by atoms with Gasteiger partial charge in [0.2, 0.25) is 0 Å². The number of benzene rings is 4. The summed E-state index contributed by atoms with van der Waals surface area (Å²) in [6.07, 6.45) is 1.50. The normalized spacial score (nSPS) is 15.6. The second-order valence-electron chi connectivity index (χ2n) is 7.65. The number of rotatable bonds is 4. The lowest BCUT2D eigenvalue weighted by atomic mass is 9.69. The molecule has 0 aromatic heterocycles. The molecule has 1 aliphatic carbocycles. The van der Waals surface area contributed by atoms with Crippen LogP contribution in [0, 0.1) is 0 Å². The summed E-state index contributed by atoms with van der Waals surface area (Å²) in [7, 11) is 0. The van der Waals surface area contributed by atoms with Crippen molar-refractivity contribution in [3.63, 3.8) is 0 Å². The quantitative estimate of drug-likeness (QED) is 0.317. The van der Waals surface area contributed by atoms with Crippen LogP contribution in [0.1, 0.15) is 32.6 Å².